The molecule has 1 unspecified atom stereocenters. The van der Waals surface area contributed by atoms with Crippen LogP contribution in [0.5, 0.6) is 0 Å². The number of halogens is 4. The molecule has 186 valence electrons. The van der Waals surface area contributed by atoms with Crippen LogP contribution in [0.25, 0.3) is 0 Å². The van der Waals surface area contributed by atoms with E-state index >= 15 is 0 Å². The minimum atomic E-state index is -4.70. The van der Waals surface area contributed by atoms with Crippen molar-refractivity contribution in [3.05, 3.63) is 65.5 Å². The Kier molecular flexibility index (Phi) is 9.24. The van der Waals surface area contributed by atoms with Crippen LogP contribution < -0.4 is 5.32 Å². The van der Waals surface area contributed by atoms with Gasteiger partial charge in [0.2, 0.25) is 0 Å². The predicted octanol–water partition coefficient (Wildman–Crippen LogP) is 6.48. The minimum Gasteiger partial charge on any atom is -0.317 e. The monoisotopic (exact) mass is 497 g/mol. The fraction of sp³-hybridized carbons (Fsp3) is 0.480. The third kappa shape index (κ3) is 7.63. The molecule has 2 aromatic rings. The zero-order valence-electron chi connectivity index (χ0n) is 19.4. The van der Waals surface area contributed by atoms with E-state index in [0.29, 0.717) is 17.9 Å². The molecule has 34 heavy (non-hydrogen) atoms. The Bertz CT molecular complexity index is 934. The quantitative estimate of drug-likeness (QED) is 0.424. The highest BCUT2D eigenvalue weighted by atomic mass is 32.2. The summed E-state index contributed by atoms with van der Waals surface area (Å²) in [5.41, 5.74) is -0.423. The minimum absolute atomic E-state index is 0.0647. The number of thioether (sulfide) groups is 1. The van der Waals surface area contributed by atoms with Gasteiger partial charge in [-0.15, -0.1) is 0 Å². The number of rotatable bonds is 8. The van der Waals surface area contributed by atoms with Crippen molar-refractivity contribution >= 4 is 23.5 Å². The second-order valence-corrected chi connectivity index (χ2v) is 9.95. The lowest BCUT2D eigenvalue weighted by Crippen LogP contribution is -2.48. The summed E-state index contributed by atoms with van der Waals surface area (Å²) in [6.07, 6.45) is 0.0377. The standard InChI is InChI=1S/C25H31F4N3OS/c1-18(34-2)8-11-31-12-9-23(10-13-31)32(17-19-6-4-3-5-7-19)24(33)30-22-15-20(25(27,28)29)14-21(26)16-22/h3-7,14-16,18,23H,8-13,17H2,1-2H3,(H,30,33). The van der Waals surface area contributed by atoms with Crippen molar-refractivity contribution in [1.29, 1.82) is 0 Å². The van der Waals surface area contributed by atoms with Gasteiger partial charge in [0.25, 0.3) is 0 Å². The first-order chi connectivity index (χ1) is 16.2. The molecule has 0 aromatic heterocycles. The molecule has 3 rings (SSSR count). The number of hydrogen-bond donors (Lipinski definition) is 1. The number of amides is 2. The number of likely N-dealkylation sites (tertiary alicyclic amines) is 1. The molecule has 0 saturated carbocycles. The molecule has 0 spiro atoms. The fourth-order valence-electron chi connectivity index (χ4n) is 4.10. The molecular formula is C25H31F4N3OS. The maximum Gasteiger partial charge on any atom is 0.416 e. The summed E-state index contributed by atoms with van der Waals surface area (Å²) in [5, 5.41) is 3.09. The number of piperidine rings is 1. The van der Waals surface area contributed by atoms with E-state index in [9.17, 15) is 22.4 Å². The summed E-state index contributed by atoms with van der Waals surface area (Å²) in [5.74, 6) is -1.05. The number of alkyl halides is 3. The van der Waals surface area contributed by atoms with Gasteiger partial charge in [0, 0.05) is 36.6 Å². The van der Waals surface area contributed by atoms with Crippen LogP contribution in [-0.4, -0.2) is 53.0 Å². The highest BCUT2D eigenvalue weighted by Crippen LogP contribution is 2.32. The lowest BCUT2D eigenvalue weighted by molar-refractivity contribution is -0.137. The summed E-state index contributed by atoms with van der Waals surface area (Å²) in [6, 6.07) is 10.9. The molecule has 1 fully saturated rings. The van der Waals surface area contributed by atoms with E-state index < -0.39 is 23.6 Å². The van der Waals surface area contributed by atoms with Gasteiger partial charge in [-0.2, -0.15) is 24.9 Å². The second-order valence-electron chi connectivity index (χ2n) is 8.68. The third-order valence-electron chi connectivity index (χ3n) is 6.19. The summed E-state index contributed by atoms with van der Waals surface area (Å²) in [6.45, 7) is 5.23. The van der Waals surface area contributed by atoms with Gasteiger partial charge in [-0.25, -0.2) is 9.18 Å². The van der Waals surface area contributed by atoms with Crippen molar-refractivity contribution in [1.82, 2.24) is 9.80 Å². The number of urea groups is 1. The average molecular weight is 498 g/mol. The van der Waals surface area contributed by atoms with E-state index in [1.54, 1.807) is 4.90 Å². The number of carbonyl (C=O) groups excluding carboxylic acids is 1. The molecule has 2 amide bonds. The molecule has 2 aromatic carbocycles. The first-order valence-corrected chi connectivity index (χ1v) is 12.7. The lowest BCUT2D eigenvalue weighted by Gasteiger charge is -2.39. The van der Waals surface area contributed by atoms with Crippen molar-refractivity contribution in [3.8, 4) is 0 Å². The molecule has 1 heterocycles. The molecule has 4 nitrogen and oxygen atoms in total. The van der Waals surface area contributed by atoms with Gasteiger partial charge in [0.1, 0.15) is 5.82 Å². The van der Waals surface area contributed by atoms with Crippen molar-refractivity contribution in [2.45, 2.75) is 50.2 Å². The van der Waals surface area contributed by atoms with Crippen LogP contribution in [0.4, 0.5) is 28.0 Å². The second kappa shape index (κ2) is 11.9. The van der Waals surface area contributed by atoms with Crippen LogP contribution in [0.1, 0.15) is 37.3 Å². The number of hydrogen-bond acceptors (Lipinski definition) is 3. The Morgan fingerprint density at radius 1 is 1.18 bits per heavy atom. The van der Waals surface area contributed by atoms with Crippen molar-refractivity contribution in [2.75, 3.05) is 31.2 Å². The average Bonchev–Trinajstić information content (AvgIpc) is 2.81. The lowest BCUT2D eigenvalue weighted by atomic mass is 10.0. The van der Waals surface area contributed by atoms with E-state index in [1.165, 1.54) is 0 Å². The van der Waals surface area contributed by atoms with Gasteiger partial charge in [-0.3, -0.25) is 0 Å². The molecule has 1 atom stereocenters. The van der Waals surface area contributed by atoms with Crippen LogP contribution >= 0.6 is 11.8 Å². The topological polar surface area (TPSA) is 35.6 Å². The Morgan fingerprint density at radius 2 is 1.85 bits per heavy atom. The van der Waals surface area contributed by atoms with Crippen LogP contribution in [0.2, 0.25) is 0 Å². The molecule has 1 N–H and O–H groups in total. The first kappa shape index (κ1) is 26.3. The molecule has 1 saturated heterocycles. The summed E-state index contributed by atoms with van der Waals surface area (Å²) < 4.78 is 53.1. The van der Waals surface area contributed by atoms with E-state index in [0.717, 1.165) is 56.6 Å². The summed E-state index contributed by atoms with van der Waals surface area (Å²) in [7, 11) is 0. The number of nitrogens with zero attached hydrogens (tertiary/aromatic N) is 2. The Hall–Kier alpha value is -2.26. The highest BCUT2D eigenvalue weighted by molar-refractivity contribution is 7.99. The Labute approximate surface area is 202 Å². The van der Waals surface area contributed by atoms with Crippen LogP contribution in [0, 0.1) is 5.82 Å². The van der Waals surface area contributed by atoms with Crippen LogP contribution in [-0.2, 0) is 12.7 Å². The zero-order chi connectivity index (χ0) is 24.7. The van der Waals surface area contributed by atoms with E-state index in [2.05, 4.69) is 23.4 Å². The first-order valence-electron chi connectivity index (χ1n) is 11.4. The molecule has 0 radical (unpaired) electrons. The van der Waals surface area contributed by atoms with Gasteiger partial charge in [0.05, 0.1) is 5.56 Å². The maximum absolute atomic E-state index is 13.8. The van der Waals surface area contributed by atoms with Gasteiger partial charge in [-0.1, -0.05) is 37.3 Å². The molecule has 0 aliphatic carbocycles. The Balaban J connectivity index is 1.72. The normalized spacial score (nSPS) is 16.3. The summed E-state index contributed by atoms with van der Waals surface area (Å²) >= 11 is 1.84. The van der Waals surface area contributed by atoms with Crippen molar-refractivity contribution < 1.29 is 22.4 Å². The SMILES string of the molecule is CSC(C)CCN1CCC(N(Cc2ccccc2)C(=O)Nc2cc(F)cc(C(F)(F)F)c2)CC1. The third-order valence-corrected chi connectivity index (χ3v) is 7.23. The Morgan fingerprint density at radius 3 is 2.47 bits per heavy atom. The molecular weight excluding hydrogens is 466 g/mol. The van der Waals surface area contributed by atoms with E-state index in [4.69, 9.17) is 0 Å². The molecule has 1 aliphatic rings. The van der Waals surface area contributed by atoms with Gasteiger partial charge in [-0.05, 0) is 55.8 Å². The molecule has 9 heteroatoms. The van der Waals surface area contributed by atoms with Gasteiger partial charge < -0.3 is 15.1 Å². The van der Waals surface area contributed by atoms with Gasteiger partial charge >= 0.3 is 12.2 Å². The predicted molar refractivity (Wildman–Crippen MR) is 129 cm³/mol. The van der Waals surface area contributed by atoms with Crippen LogP contribution in [0.3, 0.4) is 0 Å². The number of carbonyl (C=O) groups is 1. The molecule has 0 bridgehead atoms. The summed E-state index contributed by atoms with van der Waals surface area (Å²) in [4.78, 5) is 17.3. The number of nitrogens with one attached hydrogen (secondary N) is 1. The molecule has 1 aliphatic heterocycles. The maximum atomic E-state index is 13.8. The van der Waals surface area contributed by atoms with E-state index in [1.807, 2.05) is 42.1 Å². The number of anilines is 1. The highest BCUT2D eigenvalue weighted by Gasteiger charge is 2.32. The largest absolute Gasteiger partial charge is 0.416 e. The van der Waals surface area contributed by atoms with Crippen molar-refractivity contribution in [2.24, 2.45) is 0 Å². The smallest absolute Gasteiger partial charge is 0.317 e. The zero-order valence-corrected chi connectivity index (χ0v) is 20.3. The fourth-order valence-corrected chi connectivity index (χ4v) is 4.45. The van der Waals surface area contributed by atoms with Gasteiger partial charge in [0.15, 0.2) is 0 Å². The number of benzene rings is 2. The van der Waals surface area contributed by atoms with Crippen LogP contribution in [0.15, 0.2) is 48.5 Å². The van der Waals surface area contributed by atoms with Crippen molar-refractivity contribution in [3.63, 3.8) is 0 Å². The van der Waals surface area contributed by atoms with E-state index in [-0.39, 0.29) is 11.7 Å².